The lowest BCUT2D eigenvalue weighted by molar-refractivity contribution is -0.199. The molecule has 23 heteroatoms. The molecule has 6 amide bonds. The van der Waals surface area contributed by atoms with Crippen molar-refractivity contribution in [3.05, 3.63) is 72.9 Å². The Kier molecular flexibility index (Phi) is 14.6. The second kappa shape index (κ2) is 20.2. The fourth-order valence-electron chi connectivity index (χ4n) is 7.02. The SMILES string of the molecule is CN1CCN(CC(=O)N[C@@H](Cc2cn(C)cn2)C(=O)N[C@@H](Cc2cn(C)cn2)C(=O)N[C@@H](Cc2cn(C)cn2)C(=O)N[C@@H](Cc2cn(C)cn2)C(=O)ON2C(=O)CCC2=O)CC1. The molecule has 0 bridgehead atoms. The largest absolute Gasteiger partial charge is 0.355 e. The molecule has 4 aromatic heterocycles. The average Bonchev–Trinajstić information content (AvgIpc) is 4.08. The van der Waals surface area contributed by atoms with Crippen LogP contribution in [0.25, 0.3) is 0 Å². The number of carbonyl (C=O) groups is 7. The van der Waals surface area contributed by atoms with E-state index in [-0.39, 0.29) is 51.0 Å². The zero-order chi connectivity index (χ0) is 44.5. The van der Waals surface area contributed by atoms with Crippen molar-refractivity contribution >= 4 is 41.4 Å². The first-order chi connectivity index (χ1) is 29.6. The van der Waals surface area contributed by atoms with Gasteiger partial charge in [0.25, 0.3) is 11.8 Å². The quantitative estimate of drug-likeness (QED) is 0.0674. The number of piperazine rings is 1. The van der Waals surface area contributed by atoms with Crippen LogP contribution in [0.15, 0.2) is 50.1 Å². The number of amides is 6. The molecule has 4 aromatic rings. The number of hydrogen-bond donors (Lipinski definition) is 4. The van der Waals surface area contributed by atoms with E-state index in [1.807, 2.05) is 11.9 Å². The predicted octanol–water partition coefficient (Wildman–Crippen LogP) is -3.32. The Morgan fingerprint density at radius 3 is 1.27 bits per heavy atom. The van der Waals surface area contributed by atoms with Crippen LogP contribution in [-0.4, -0.2) is 158 Å². The Morgan fingerprint density at radius 1 is 0.548 bits per heavy atom. The fraction of sp³-hybridized carbons (Fsp3) is 0.513. The molecule has 62 heavy (non-hydrogen) atoms. The van der Waals surface area contributed by atoms with Crippen molar-refractivity contribution in [3.8, 4) is 0 Å². The summed E-state index contributed by atoms with van der Waals surface area (Å²) in [5.74, 6) is -5.18. The van der Waals surface area contributed by atoms with Gasteiger partial charge in [0, 0.05) is 118 Å². The van der Waals surface area contributed by atoms with Gasteiger partial charge in [0.15, 0.2) is 0 Å². The number of nitrogens with one attached hydrogen (secondary N) is 4. The molecule has 2 fully saturated rings. The molecule has 4 atom stereocenters. The van der Waals surface area contributed by atoms with Gasteiger partial charge >= 0.3 is 5.97 Å². The minimum atomic E-state index is -1.47. The highest BCUT2D eigenvalue weighted by Gasteiger charge is 2.37. The molecular formula is C39H53N15O8. The Labute approximate surface area is 357 Å². The van der Waals surface area contributed by atoms with Crippen molar-refractivity contribution in [2.75, 3.05) is 39.8 Å². The van der Waals surface area contributed by atoms with Crippen LogP contribution in [0, 0.1) is 0 Å². The normalized spacial score (nSPS) is 16.7. The van der Waals surface area contributed by atoms with Crippen LogP contribution < -0.4 is 21.3 Å². The maximum Gasteiger partial charge on any atom is 0.355 e. The maximum absolute atomic E-state index is 14.4. The third-order valence-electron chi connectivity index (χ3n) is 10.4. The number of nitrogens with zero attached hydrogens (tertiary/aromatic N) is 11. The molecule has 2 aliphatic rings. The first-order valence-electron chi connectivity index (χ1n) is 20.1. The zero-order valence-corrected chi connectivity index (χ0v) is 35.4. The summed E-state index contributed by atoms with van der Waals surface area (Å²) in [5, 5.41) is 11.4. The molecule has 2 saturated heterocycles. The van der Waals surface area contributed by atoms with Crippen molar-refractivity contribution in [1.82, 2.24) is 74.3 Å². The van der Waals surface area contributed by atoms with Gasteiger partial charge in [0.05, 0.1) is 54.6 Å². The number of likely N-dealkylation sites (N-methyl/N-ethyl adjacent to an activating group) is 1. The molecule has 0 aromatic carbocycles. The minimum absolute atomic E-state index is 0.0200. The number of imide groups is 1. The third kappa shape index (κ3) is 12.4. The van der Waals surface area contributed by atoms with Crippen molar-refractivity contribution < 1.29 is 38.4 Å². The molecule has 6 rings (SSSR count). The zero-order valence-electron chi connectivity index (χ0n) is 35.4. The van der Waals surface area contributed by atoms with Gasteiger partial charge in [-0.25, -0.2) is 24.7 Å². The van der Waals surface area contributed by atoms with Gasteiger partial charge in [-0.15, -0.1) is 5.06 Å². The molecule has 0 radical (unpaired) electrons. The summed E-state index contributed by atoms with van der Waals surface area (Å²) in [6.07, 6.45) is 12.1. The van der Waals surface area contributed by atoms with Crippen LogP contribution in [0.2, 0.25) is 0 Å². The topological polar surface area (TPSA) is 258 Å². The summed E-state index contributed by atoms with van der Waals surface area (Å²) < 4.78 is 6.68. The Morgan fingerprint density at radius 2 is 0.903 bits per heavy atom. The number of hydrogen-bond acceptors (Lipinski definition) is 14. The third-order valence-corrected chi connectivity index (χ3v) is 10.4. The van der Waals surface area contributed by atoms with Gasteiger partial charge in [0.1, 0.15) is 24.2 Å². The van der Waals surface area contributed by atoms with Crippen LogP contribution in [0.1, 0.15) is 35.6 Å². The summed E-state index contributed by atoms with van der Waals surface area (Å²) >= 11 is 0. The molecule has 4 N–H and O–H groups in total. The molecule has 6 heterocycles. The molecule has 0 spiro atoms. The fourth-order valence-corrected chi connectivity index (χ4v) is 7.02. The Hall–Kier alpha value is -6.75. The van der Waals surface area contributed by atoms with E-state index in [1.165, 1.54) is 19.0 Å². The second-order valence-corrected chi connectivity index (χ2v) is 15.8. The van der Waals surface area contributed by atoms with E-state index >= 15 is 0 Å². The molecule has 0 saturated carbocycles. The maximum atomic E-state index is 14.4. The molecule has 0 unspecified atom stereocenters. The summed E-state index contributed by atoms with van der Waals surface area (Å²) in [7, 11) is 8.98. The van der Waals surface area contributed by atoms with Crippen molar-refractivity contribution in [2.45, 2.75) is 62.7 Å². The average molecular weight is 860 g/mol. The van der Waals surface area contributed by atoms with Crippen molar-refractivity contribution in [3.63, 3.8) is 0 Å². The Balaban J connectivity index is 1.24. The summed E-state index contributed by atoms with van der Waals surface area (Å²) in [6.45, 7) is 3.03. The molecule has 23 nitrogen and oxygen atoms in total. The number of aromatic nitrogens is 8. The molecule has 332 valence electrons. The first kappa shape index (κ1) is 44.8. The van der Waals surface area contributed by atoms with Crippen molar-refractivity contribution in [2.24, 2.45) is 28.2 Å². The second-order valence-electron chi connectivity index (χ2n) is 15.8. The number of rotatable bonds is 19. The lowest BCUT2D eigenvalue weighted by Gasteiger charge is -2.32. The van der Waals surface area contributed by atoms with E-state index in [9.17, 15) is 33.6 Å². The van der Waals surface area contributed by atoms with Gasteiger partial charge in [-0.2, -0.15) is 0 Å². The van der Waals surface area contributed by atoms with Gasteiger partial charge in [-0.05, 0) is 7.05 Å². The molecule has 2 aliphatic heterocycles. The van der Waals surface area contributed by atoms with Crippen LogP contribution in [-0.2, 0) is 92.3 Å². The van der Waals surface area contributed by atoms with E-state index < -0.39 is 59.7 Å². The summed E-state index contributed by atoms with van der Waals surface area (Å²) in [4.78, 5) is 121. The van der Waals surface area contributed by atoms with E-state index in [4.69, 9.17) is 4.84 Å². The van der Waals surface area contributed by atoms with Gasteiger partial charge < -0.3 is 49.3 Å². The summed E-state index contributed by atoms with van der Waals surface area (Å²) in [6, 6.07) is -5.31. The predicted molar refractivity (Wildman–Crippen MR) is 216 cm³/mol. The summed E-state index contributed by atoms with van der Waals surface area (Å²) in [5.41, 5.74) is 1.77. The number of carbonyl (C=O) groups excluding carboxylic acids is 7. The van der Waals surface area contributed by atoms with E-state index in [1.54, 1.807) is 77.6 Å². The minimum Gasteiger partial charge on any atom is -0.343 e. The van der Waals surface area contributed by atoms with Crippen LogP contribution in [0.3, 0.4) is 0 Å². The van der Waals surface area contributed by atoms with Gasteiger partial charge in [-0.1, -0.05) is 0 Å². The lowest BCUT2D eigenvalue weighted by Crippen LogP contribution is -2.59. The smallest absolute Gasteiger partial charge is 0.343 e. The monoisotopic (exact) mass is 859 g/mol. The van der Waals surface area contributed by atoms with E-state index in [0.717, 1.165) is 13.1 Å². The lowest BCUT2D eigenvalue weighted by atomic mass is 10.1. The molecular weight excluding hydrogens is 807 g/mol. The van der Waals surface area contributed by atoms with Crippen LogP contribution in [0.4, 0.5) is 0 Å². The highest BCUT2D eigenvalue weighted by Crippen LogP contribution is 2.15. The highest BCUT2D eigenvalue weighted by atomic mass is 16.7. The van der Waals surface area contributed by atoms with Gasteiger partial charge in [0.2, 0.25) is 23.6 Å². The number of hydroxylamine groups is 2. The van der Waals surface area contributed by atoms with Gasteiger partial charge in [-0.3, -0.25) is 33.7 Å². The van der Waals surface area contributed by atoms with Crippen LogP contribution in [0.5, 0.6) is 0 Å². The van der Waals surface area contributed by atoms with E-state index in [0.29, 0.717) is 40.9 Å². The molecule has 0 aliphatic carbocycles. The Bertz CT molecular complexity index is 2240. The standard InChI is InChI=1S/C39H53N15O8/c1-48-8-10-53(11-9-48)20-33(55)44-29(12-25-16-49(2)21-40-25)36(58)45-30(13-26-17-50(3)22-41-26)37(59)46-31(14-27-18-51(4)23-42-27)38(60)47-32(15-28-19-52(5)24-43-28)39(61)62-54-34(56)6-7-35(54)57/h16-19,21-24,29-32H,6-15,20H2,1-5H3,(H,44,55)(H,45,58)(H,46,59)(H,47,60)/t29-,30-,31-,32-/m0/s1. The number of imidazole rings is 4. The number of aryl methyl sites for hydroxylation is 4. The van der Waals surface area contributed by atoms with E-state index in [2.05, 4.69) is 46.1 Å². The highest BCUT2D eigenvalue weighted by molar-refractivity contribution is 6.02. The first-order valence-corrected chi connectivity index (χ1v) is 20.1. The van der Waals surface area contributed by atoms with Crippen molar-refractivity contribution in [1.29, 1.82) is 0 Å². The van der Waals surface area contributed by atoms with Crippen LogP contribution >= 0.6 is 0 Å².